The Morgan fingerprint density at radius 3 is 2.16 bits per heavy atom. The molecule has 2 aliphatic rings. The van der Waals surface area contributed by atoms with Gasteiger partial charge in [0.25, 0.3) is 0 Å². The van der Waals surface area contributed by atoms with Crippen LogP contribution in [0.2, 0.25) is 0 Å². The molecule has 0 spiro atoms. The third-order valence-corrected chi connectivity index (χ3v) is 7.04. The van der Waals surface area contributed by atoms with Crippen molar-refractivity contribution in [3.05, 3.63) is 48.0 Å². The van der Waals surface area contributed by atoms with Gasteiger partial charge in [0.2, 0.25) is 17.3 Å². The van der Waals surface area contributed by atoms with Crippen LogP contribution in [0.25, 0.3) is 0 Å². The zero-order valence-electron chi connectivity index (χ0n) is 20.6. The number of ether oxygens (including phenoxy) is 3. The first-order chi connectivity index (χ1) is 17.6. The maximum absolute atomic E-state index is 12.2. The minimum absolute atomic E-state index is 0.200. The zero-order chi connectivity index (χ0) is 28.6. The van der Waals surface area contributed by atoms with Crippen molar-refractivity contribution in [2.75, 3.05) is 0 Å². The van der Waals surface area contributed by atoms with Crippen molar-refractivity contribution in [1.29, 1.82) is 0 Å². The lowest BCUT2D eigenvalue weighted by Gasteiger charge is -2.48. The first-order valence-corrected chi connectivity index (χ1v) is 11.7. The summed E-state index contributed by atoms with van der Waals surface area (Å²) in [4.78, 5) is 47.9. The molecule has 0 radical (unpaired) electrons. The van der Waals surface area contributed by atoms with Crippen LogP contribution in [0.15, 0.2) is 42.5 Å². The fourth-order valence-electron chi connectivity index (χ4n) is 5.17. The molecular formula is C25H30O13. The van der Waals surface area contributed by atoms with Crippen molar-refractivity contribution >= 4 is 23.9 Å². The molecule has 1 aromatic rings. The normalized spacial score (nSPS) is 33.7. The van der Waals surface area contributed by atoms with Gasteiger partial charge in [-0.1, -0.05) is 43.8 Å². The lowest BCUT2D eigenvalue weighted by molar-refractivity contribution is -0.374. The lowest BCUT2D eigenvalue weighted by Crippen LogP contribution is -2.77. The van der Waals surface area contributed by atoms with Crippen LogP contribution in [-0.4, -0.2) is 95.9 Å². The number of esters is 1. The number of benzene rings is 1. The second-order valence-corrected chi connectivity index (χ2v) is 9.61. The van der Waals surface area contributed by atoms with E-state index < -0.39 is 71.7 Å². The van der Waals surface area contributed by atoms with Crippen LogP contribution in [0, 0.1) is 5.92 Å². The van der Waals surface area contributed by atoms with Gasteiger partial charge in [0.1, 0.15) is 18.3 Å². The highest BCUT2D eigenvalue weighted by molar-refractivity contribution is 5.97. The van der Waals surface area contributed by atoms with Crippen molar-refractivity contribution < 1.29 is 64.0 Å². The van der Waals surface area contributed by atoms with Gasteiger partial charge in [0, 0.05) is 19.3 Å². The number of aliphatic carboxylic acids is 3. The van der Waals surface area contributed by atoms with Crippen molar-refractivity contribution in [2.24, 2.45) is 5.92 Å². The van der Waals surface area contributed by atoms with Crippen molar-refractivity contribution in [2.45, 2.75) is 74.5 Å². The second kappa shape index (κ2) is 10.4. The van der Waals surface area contributed by atoms with E-state index in [0.29, 0.717) is 6.42 Å². The van der Waals surface area contributed by atoms with E-state index in [-0.39, 0.29) is 17.9 Å². The Balaban J connectivity index is 1.93. The van der Waals surface area contributed by atoms with Gasteiger partial charge >= 0.3 is 23.9 Å². The fourth-order valence-corrected chi connectivity index (χ4v) is 5.17. The maximum Gasteiger partial charge on any atom is 0.343 e. The van der Waals surface area contributed by atoms with Crippen LogP contribution in [0.5, 0.6) is 0 Å². The average molecular weight is 539 g/mol. The van der Waals surface area contributed by atoms with Crippen LogP contribution < -0.4 is 0 Å². The summed E-state index contributed by atoms with van der Waals surface area (Å²) < 4.78 is 16.0. The monoisotopic (exact) mass is 538 g/mol. The molecular weight excluding hydrogens is 508 g/mol. The van der Waals surface area contributed by atoms with E-state index >= 15 is 0 Å². The standard InChI is InChI=1S/C25H30O13/c1-12(16(36-14(3)26)13(2)11-15-7-5-4-6-8-15)9-10-23-17(27)18(28)25(38-23,22(33)34)24(35,21(31)32)19(37-23)20(29)30/h4-8,13,16-19,27-28,35H,1,9-11H2,2-3H3,(H,29,30)(H,31,32)(H,33,34)/t13-,16-,17-,18-,19-,23-,24-,25-/m1/s1. The molecule has 38 heavy (non-hydrogen) atoms. The summed E-state index contributed by atoms with van der Waals surface area (Å²) in [5, 5.41) is 61.3. The highest BCUT2D eigenvalue weighted by Crippen LogP contribution is 2.54. The van der Waals surface area contributed by atoms with Crippen molar-refractivity contribution in [3.63, 3.8) is 0 Å². The summed E-state index contributed by atoms with van der Waals surface area (Å²) in [5.41, 5.74) is -6.09. The molecule has 1 aromatic carbocycles. The first-order valence-electron chi connectivity index (χ1n) is 11.7. The van der Waals surface area contributed by atoms with E-state index in [1.165, 1.54) is 6.92 Å². The van der Waals surface area contributed by atoms with Crippen LogP contribution in [0.3, 0.4) is 0 Å². The summed E-state index contributed by atoms with van der Waals surface area (Å²) in [5.74, 6) is -10.1. The SMILES string of the molecule is C=C(CC[C@@]12O[C@H](C(=O)O)[C@@](O)(C(=O)O)[C@@](C(=O)O)(O1)[C@H](O)[C@H]2O)[C@@H](OC(C)=O)[C@H](C)Cc1ccccc1. The highest BCUT2D eigenvalue weighted by Gasteiger charge is 2.84. The fraction of sp³-hybridized carbons (Fsp3) is 0.520. The smallest absolute Gasteiger partial charge is 0.343 e. The number of fused-ring (bicyclic) bond motifs is 2. The minimum atomic E-state index is -3.81. The molecule has 2 aliphatic heterocycles. The molecule has 3 rings (SSSR count). The lowest BCUT2D eigenvalue weighted by atomic mass is 9.74. The Hall–Kier alpha value is -3.36. The van der Waals surface area contributed by atoms with Gasteiger partial charge in [0.15, 0.2) is 5.79 Å². The van der Waals surface area contributed by atoms with E-state index in [1.54, 1.807) is 6.92 Å². The van der Waals surface area contributed by atoms with Crippen LogP contribution in [0.1, 0.15) is 32.3 Å². The zero-order valence-corrected chi connectivity index (χ0v) is 20.6. The van der Waals surface area contributed by atoms with Crippen LogP contribution in [0.4, 0.5) is 0 Å². The van der Waals surface area contributed by atoms with E-state index in [4.69, 9.17) is 14.2 Å². The molecule has 6 N–H and O–H groups in total. The summed E-state index contributed by atoms with van der Waals surface area (Å²) in [7, 11) is 0. The van der Waals surface area contributed by atoms with E-state index in [9.17, 15) is 49.8 Å². The molecule has 0 aromatic heterocycles. The quantitative estimate of drug-likeness (QED) is 0.158. The van der Waals surface area contributed by atoms with Gasteiger partial charge < -0.3 is 44.8 Å². The van der Waals surface area contributed by atoms with Gasteiger partial charge in [-0.15, -0.1) is 0 Å². The molecule has 2 fully saturated rings. The third kappa shape index (κ3) is 4.56. The molecule has 13 nitrogen and oxygen atoms in total. The molecule has 0 unspecified atom stereocenters. The van der Waals surface area contributed by atoms with E-state index in [1.807, 2.05) is 30.3 Å². The van der Waals surface area contributed by atoms with Crippen LogP contribution >= 0.6 is 0 Å². The van der Waals surface area contributed by atoms with Gasteiger partial charge in [0.05, 0.1) is 0 Å². The molecule has 208 valence electrons. The summed E-state index contributed by atoms with van der Waals surface area (Å²) in [6.45, 7) is 6.93. The molecule has 0 saturated carbocycles. The Morgan fingerprint density at radius 2 is 1.66 bits per heavy atom. The average Bonchev–Trinajstić information content (AvgIpc) is 3.04. The molecule has 2 saturated heterocycles. The largest absolute Gasteiger partial charge is 0.479 e. The van der Waals surface area contributed by atoms with Crippen molar-refractivity contribution in [1.82, 2.24) is 0 Å². The Labute approximate surface area is 216 Å². The first kappa shape index (κ1) is 29.2. The maximum atomic E-state index is 12.2. The second-order valence-electron chi connectivity index (χ2n) is 9.61. The number of rotatable bonds is 11. The van der Waals surface area contributed by atoms with Gasteiger partial charge in [-0.3, -0.25) is 4.79 Å². The Kier molecular flexibility index (Phi) is 8.01. The third-order valence-electron chi connectivity index (χ3n) is 7.04. The molecule has 13 heteroatoms. The summed E-state index contributed by atoms with van der Waals surface area (Å²) in [6, 6.07) is 9.28. The molecule has 0 aliphatic carbocycles. The van der Waals surface area contributed by atoms with Gasteiger partial charge in [-0.05, 0) is 24.0 Å². The predicted molar refractivity (Wildman–Crippen MR) is 125 cm³/mol. The van der Waals surface area contributed by atoms with Gasteiger partial charge in [-0.25, -0.2) is 14.4 Å². The van der Waals surface area contributed by atoms with Crippen LogP contribution in [-0.2, 0) is 39.8 Å². The minimum Gasteiger partial charge on any atom is -0.479 e. The van der Waals surface area contributed by atoms with E-state index in [2.05, 4.69) is 6.58 Å². The number of hydrogen-bond acceptors (Lipinski definition) is 10. The molecule has 0 amide bonds. The summed E-state index contributed by atoms with van der Waals surface area (Å²) >= 11 is 0. The Morgan fingerprint density at radius 1 is 1.05 bits per heavy atom. The topological polar surface area (TPSA) is 217 Å². The number of carboxylic acid groups (broad SMARTS) is 3. The number of carbonyl (C=O) groups is 4. The molecule has 2 bridgehead atoms. The van der Waals surface area contributed by atoms with Gasteiger partial charge in [-0.2, -0.15) is 0 Å². The van der Waals surface area contributed by atoms with E-state index in [0.717, 1.165) is 5.56 Å². The number of aliphatic hydroxyl groups excluding tert-OH is 2. The number of carbonyl (C=O) groups excluding carboxylic acids is 1. The summed E-state index contributed by atoms with van der Waals surface area (Å²) in [6.07, 6.45) is -8.75. The highest BCUT2D eigenvalue weighted by atomic mass is 16.8. The Bertz CT molecular complexity index is 1120. The number of aliphatic hydroxyl groups is 3. The molecule has 2 heterocycles. The predicted octanol–water partition coefficient (Wildman–Crippen LogP) is -0.296. The number of carboxylic acids is 3. The number of hydrogen-bond donors (Lipinski definition) is 6. The molecule has 8 atom stereocenters. The van der Waals surface area contributed by atoms with Crippen molar-refractivity contribution in [3.8, 4) is 0 Å².